The number of carbonyl (C=O) groups excluding carboxylic acids is 1. The molecule has 0 amide bonds. The van der Waals surface area contributed by atoms with Crippen LogP contribution < -0.4 is 0 Å². The van der Waals surface area contributed by atoms with Crippen LogP contribution in [-0.4, -0.2) is 30.3 Å². The molecule has 1 aliphatic rings. The van der Waals surface area contributed by atoms with Gasteiger partial charge in [-0.05, 0) is 44.7 Å². The topological polar surface area (TPSA) is 20.3 Å². The lowest BCUT2D eigenvalue weighted by Gasteiger charge is -2.31. The summed E-state index contributed by atoms with van der Waals surface area (Å²) in [7, 11) is 0. The van der Waals surface area contributed by atoms with Gasteiger partial charge in [0, 0.05) is 0 Å². The Labute approximate surface area is 100 Å². The summed E-state index contributed by atoms with van der Waals surface area (Å²) >= 11 is 0. The average molecular weight is 225 g/mol. The van der Waals surface area contributed by atoms with Crippen molar-refractivity contribution in [2.24, 2.45) is 11.8 Å². The normalized spacial score (nSPS) is 19.2. The van der Waals surface area contributed by atoms with Crippen LogP contribution in [0.1, 0.15) is 52.9 Å². The molecule has 0 atom stereocenters. The Bertz CT molecular complexity index is 205. The van der Waals surface area contributed by atoms with E-state index in [4.69, 9.17) is 0 Å². The highest BCUT2D eigenvalue weighted by atomic mass is 16.1. The molecule has 1 aliphatic heterocycles. The summed E-state index contributed by atoms with van der Waals surface area (Å²) in [6, 6.07) is 0. The van der Waals surface area contributed by atoms with Crippen molar-refractivity contribution in [1.82, 2.24) is 4.90 Å². The first-order valence-corrected chi connectivity index (χ1v) is 6.79. The van der Waals surface area contributed by atoms with Gasteiger partial charge in [-0.15, -0.1) is 0 Å². The first kappa shape index (κ1) is 13.7. The fraction of sp³-hybridized carbons (Fsp3) is 0.929. The predicted octanol–water partition coefficient (Wildman–Crippen LogP) is 3.11. The molecule has 2 heteroatoms. The van der Waals surface area contributed by atoms with Gasteiger partial charge in [0.2, 0.25) is 0 Å². The highest BCUT2D eigenvalue weighted by Gasteiger charge is 2.19. The van der Waals surface area contributed by atoms with E-state index in [-0.39, 0.29) is 0 Å². The Morgan fingerprint density at radius 3 is 2.44 bits per heavy atom. The Morgan fingerprint density at radius 2 is 1.94 bits per heavy atom. The standard InChI is InChI=1S/C14H27NO/c1-12(2)5-4-6-14-7-9-15(10-8-14)11-13(3)16/h12,14H,4-11H2,1-3H3. The summed E-state index contributed by atoms with van der Waals surface area (Å²) in [5.74, 6) is 2.07. The fourth-order valence-corrected chi connectivity index (χ4v) is 2.56. The summed E-state index contributed by atoms with van der Waals surface area (Å²) < 4.78 is 0. The molecule has 0 aromatic carbocycles. The largest absolute Gasteiger partial charge is 0.299 e. The third-order valence-corrected chi connectivity index (χ3v) is 3.55. The van der Waals surface area contributed by atoms with Crippen molar-refractivity contribution in [1.29, 1.82) is 0 Å². The highest BCUT2D eigenvalue weighted by Crippen LogP contribution is 2.23. The molecule has 0 unspecified atom stereocenters. The first-order chi connectivity index (χ1) is 7.58. The van der Waals surface area contributed by atoms with Crippen molar-refractivity contribution in [3.05, 3.63) is 0 Å². The van der Waals surface area contributed by atoms with Crippen molar-refractivity contribution in [3.63, 3.8) is 0 Å². The summed E-state index contributed by atoms with van der Waals surface area (Å²) in [6.45, 7) is 9.22. The van der Waals surface area contributed by atoms with Crippen molar-refractivity contribution in [3.8, 4) is 0 Å². The molecule has 0 aromatic rings. The number of hydrogen-bond acceptors (Lipinski definition) is 2. The van der Waals surface area contributed by atoms with Crippen LogP contribution in [0.4, 0.5) is 0 Å². The molecule has 0 spiro atoms. The minimum Gasteiger partial charge on any atom is -0.299 e. The van der Waals surface area contributed by atoms with Crippen molar-refractivity contribution in [2.45, 2.75) is 52.9 Å². The van der Waals surface area contributed by atoms with E-state index in [1.54, 1.807) is 6.92 Å². The first-order valence-electron chi connectivity index (χ1n) is 6.79. The van der Waals surface area contributed by atoms with Gasteiger partial charge in [0.1, 0.15) is 5.78 Å². The molecule has 0 aromatic heterocycles. The van der Waals surface area contributed by atoms with Crippen LogP contribution in [0.5, 0.6) is 0 Å². The molecule has 94 valence electrons. The van der Waals surface area contributed by atoms with E-state index >= 15 is 0 Å². The molecule has 1 rings (SSSR count). The maximum absolute atomic E-state index is 11.0. The fourth-order valence-electron chi connectivity index (χ4n) is 2.56. The second-order valence-corrected chi connectivity index (χ2v) is 5.75. The third-order valence-electron chi connectivity index (χ3n) is 3.55. The second kappa shape index (κ2) is 7.05. The summed E-state index contributed by atoms with van der Waals surface area (Å²) in [6.07, 6.45) is 6.74. The van der Waals surface area contributed by atoms with E-state index in [0.29, 0.717) is 12.3 Å². The molecule has 2 nitrogen and oxygen atoms in total. The minimum atomic E-state index is 0.304. The highest BCUT2D eigenvalue weighted by molar-refractivity contribution is 5.77. The Hall–Kier alpha value is -0.370. The quantitative estimate of drug-likeness (QED) is 0.692. The number of rotatable bonds is 6. The number of piperidine rings is 1. The van der Waals surface area contributed by atoms with Gasteiger partial charge >= 0.3 is 0 Å². The predicted molar refractivity (Wildman–Crippen MR) is 68.5 cm³/mol. The van der Waals surface area contributed by atoms with Gasteiger partial charge in [0.05, 0.1) is 6.54 Å². The van der Waals surface area contributed by atoms with Crippen molar-refractivity contribution < 1.29 is 4.79 Å². The van der Waals surface area contributed by atoms with Crippen LogP contribution in [0.2, 0.25) is 0 Å². The van der Waals surface area contributed by atoms with Gasteiger partial charge < -0.3 is 0 Å². The number of carbonyl (C=O) groups is 1. The van der Waals surface area contributed by atoms with Gasteiger partial charge in [0.15, 0.2) is 0 Å². The molecule has 0 aliphatic carbocycles. The number of ketones is 1. The molecular formula is C14H27NO. The van der Waals surface area contributed by atoms with E-state index in [0.717, 1.165) is 24.9 Å². The van der Waals surface area contributed by atoms with E-state index in [9.17, 15) is 4.79 Å². The number of nitrogens with zero attached hydrogens (tertiary/aromatic N) is 1. The maximum atomic E-state index is 11.0. The Balaban J connectivity index is 2.10. The molecule has 0 bridgehead atoms. The molecule has 0 N–H and O–H groups in total. The molecular weight excluding hydrogens is 198 g/mol. The summed E-state index contributed by atoms with van der Waals surface area (Å²) in [5, 5.41) is 0. The smallest absolute Gasteiger partial charge is 0.143 e. The number of hydrogen-bond donors (Lipinski definition) is 0. The van der Waals surface area contributed by atoms with Crippen LogP contribution in [0, 0.1) is 11.8 Å². The van der Waals surface area contributed by atoms with E-state index < -0.39 is 0 Å². The van der Waals surface area contributed by atoms with Crippen LogP contribution >= 0.6 is 0 Å². The van der Waals surface area contributed by atoms with Crippen LogP contribution in [-0.2, 0) is 4.79 Å². The lowest BCUT2D eigenvalue weighted by atomic mass is 9.90. The molecule has 1 fully saturated rings. The molecule has 0 saturated carbocycles. The maximum Gasteiger partial charge on any atom is 0.143 e. The zero-order valence-electron chi connectivity index (χ0n) is 11.2. The van der Waals surface area contributed by atoms with Crippen molar-refractivity contribution in [2.75, 3.05) is 19.6 Å². The van der Waals surface area contributed by atoms with Crippen LogP contribution in [0.3, 0.4) is 0 Å². The monoisotopic (exact) mass is 225 g/mol. The van der Waals surface area contributed by atoms with E-state index in [2.05, 4.69) is 18.7 Å². The lowest BCUT2D eigenvalue weighted by Crippen LogP contribution is -2.36. The van der Waals surface area contributed by atoms with E-state index in [1.165, 1.54) is 32.1 Å². The molecule has 1 heterocycles. The molecule has 1 saturated heterocycles. The second-order valence-electron chi connectivity index (χ2n) is 5.75. The summed E-state index contributed by atoms with van der Waals surface area (Å²) in [5.41, 5.74) is 0. The average Bonchev–Trinajstić information content (AvgIpc) is 2.19. The number of likely N-dealkylation sites (tertiary alicyclic amines) is 1. The van der Waals surface area contributed by atoms with E-state index in [1.807, 2.05) is 0 Å². The SMILES string of the molecule is CC(=O)CN1CCC(CCCC(C)C)CC1. The lowest BCUT2D eigenvalue weighted by molar-refractivity contribution is -0.118. The van der Waals surface area contributed by atoms with Gasteiger partial charge in [-0.1, -0.05) is 33.1 Å². The van der Waals surface area contributed by atoms with Crippen LogP contribution in [0.15, 0.2) is 0 Å². The van der Waals surface area contributed by atoms with Gasteiger partial charge in [-0.2, -0.15) is 0 Å². The van der Waals surface area contributed by atoms with Crippen LogP contribution in [0.25, 0.3) is 0 Å². The molecule has 16 heavy (non-hydrogen) atoms. The molecule has 0 radical (unpaired) electrons. The van der Waals surface area contributed by atoms with Crippen molar-refractivity contribution >= 4 is 5.78 Å². The minimum absolute atomic E-state index is 0.304. The van der Waals surface area contributed by atoms with Gasteiger partial charge in [-0.3, -0.25) is 9.69 Å². The zero-order chi connectivity index (χ0) is 12.0. The Kier molecular flexibility index (Phi) is 6.04. The van der Waals surface area contributed by atoms with Gasteiger partial charge in [0.25, 0.3) is 0 Å². The third kappa shape index (κ3) is 5.64. The van der Waals surface area contributed by atoms with Gasteiger partial charge in [-0.25, -0.2) is 0 Å². The number of Topliss-reactive ketones (excluding diaryl/α,β-unsaturated/α-hetero) is 1. The summed E-state index contributed by atoms with van der Waals surface area (Å²) in [4.78, 5) is 13.3. The Morgan fingerprint density at radius 1 is 1.31 bits per heavy atom. The zero-order valence-corrected chi connectivity index (χ0v) is 11.2.